The number of nitrogens with one attached hydrogen (secondary N) is 1. The third-order valence-corrected chi connectivity index (χ3v) is 1.74. The molecule has 70 valence electrons. The lowest BCUT2D eigenvalue weighted by molar-refractivity contribution is 0.637. The van der Waals surface area contributed by atoms with Gasteiger partial charge in [-0.3, -0.25) is 0 Å². The molecule has 0 atom stereocenters. The van der Waals surface area contributed by atoms with Crippen molar-refractivity contribution in [3.05, 3.63) is 35.8 Å². The van der Waals surface area contributed by atoms with Crippen molar-refractivity contribution in [3.63, 3.8) is 0 Å². The summed E-state index contributed by atoms with van der Waals surface area (Å²) >= 11 is 0. The molecule has 0 amide bonds. The predicted molar refractivity (Wildman–Crippen MR) is 54.3 cm³/mol. The maximum Gasteiger partial charge on any atom is 0.147 e. The number of halogens is 1. The number of fused-ring (bicyclic) bond motifs is 1. The van der Waals surface area contributed by atoms with Crippen LogP contribution in [0.1, 0.15) is 19.5 Å². The van der Waals surface area contributed by atoms with Crippen molar-refractivity contribution < 1.29 is 4.39 Å². The summed E-state index contributed by atoms with van der Waals surface area (Å²) < 4.78 is 13.0. The molecule has 1 nitrogen and oxygen atoms in total. The molecule has 1 aromatic carbocycles. The van der Waals surface area contributed by atoms with Gasteiger partial charge in [-0.05, 0) is 19.1 Å². The van der Waals surface area contributed by atoms with E-state index in [-0.39, 0.29) is 5.82 Å². The molecule has 0 radical (unpaired) electrons. The highest BCUT2D eigenvalue weighted by molar-refractivity contribution is 5.80. The highest BCUT2D eigenvalue weighted by atomic mass is 19.1. The second kappa shape index (κ2) is 4.08. The summed E-state index contributed by atoms with van der Waals surface area (Å²) in [6.07, 6.45) is 0. The number of H-pyrrole nitrogens is 1. The van der Waals surface area contributed by atoms with Gasteiger partial charge in [0.2, 0.25) is 0 Å². The summed E-state index contributed by atoms with van der Waals surface area (Å²) in [5, 5.41) is 0.933. The Morgan fingerprint density at radius 3 is 2.54 bits per heavy atom. The normalized spacial score (nSPS) is 9.54. The summed E-state index contributed by atoms with van der Waals surface area (Å²) in [5.41, 5.74) is 1.59. The van der Waals surface area contributed by atoms with E-state index in [0.29, 0.717) is 5.52 Å². The first kappa shape index (κ1) is 9.78. The Morgan fingerprint density at radius 2 is 1.92 bits per heavy atom. The van der Waals surface area contributed by atoms with Crippen molar-refractivity contribution in [2.24, 2.45) is 0 Å². The Morgan fingerprint density at radius 1 is 1.23 bits per heavy atom. The number of para-hydroxylation sites is 1. The molecular formula is C11H14FN. The van der Waals surface area contributed by atoms with Gasteiger partial charge in [-0.2, -0.15) is 0 Å². The second-order valence-corrected chi connectivity index (χ2v) is 2.66. The lowest BCUT2D eigenvalue weighted by Crippen LogP contribution is -1.75. The van der Waals surface area contributed by atoms with E-state index in [1.807, 2.05) is 32.9 Å². The van der Waals surface area contributed by atoms with Crippen LogP contribution in [0.2, 0.25) is 0 Å². The van der Waals surface area contributed by atoms with Crippen molar-refractivity contribution in [2.75, 3.05) is 0 Å². The van der Waals surface area contributed by atoms with Crippen molar-refractivity contribution in [2.45, 2.75) is 20.8 Å². The largest absolute Gasteiger partial charge is 0.356 e. The van der Waals surface area contributed by atoms with Crippen LogP contribution in [0.5, 0.6) is 0 Å². The maximum absolute atomic E-state index is 13.0. The fraction of sp³-hybridized carbons (Fsp3) is 0.273. The van der Waals surface area contributed by atoms with Crippen LogP contribution in [0.3, 0.4) is 0 Å². The molecule has 1 heterocycles. The van der Waals surface area contributed by atoms with Crippen molar-refractivity contribution in [1.29, 1.82) is 0 Å². The minimum atomic E-state index is -0.185. The molecule has 13 heavy (non-hydrogen) atoms. The molecule has 0 fully saturated rings. The van der Waals surface area contributed by atoms with E-state index in [1.165, 1.54) is 6.07 Å². The van der Waals surface area contributed by atoms with Crippen molar-refractivity contribution in [3.8, 4) is 0 Å². The zero-order chi connectivity index (χ0) is 9.84. The fourth-order valence-corrected chi connectivity index (χ4v) is 1.26. The molecule has 2 heteroatoms. The highest BCUT2D eigenvalue weighted by Crippen LogP contribution is 2.17. The average Bonchev–Trinajstić information content (AvgIpc) is 2.51. The maximum atomic E-state index is 13.0. The summed E-state index contributed by atoms with van der Waals surface area (Å²) in [7, 11) is 0. The lowest BCUT2D eigenvalue weighted by atomic mass is 10.2. The number of benzene rings is 1. The minimum Gasteiger partial charge on any atom is -0.356 e. The van der Waals surface area contributed by atoms with Crippen LogP contribution in [0.25, 0.3) is 10.9 Å². The SMILES string of the molecule is CC.Cc1cc2cccc(F)c2[nH]1. The smallest absolute Gasteiger partial charge is 0.147 e. The molecule has 1 aromatic heterocycles. The molecule has 0 aliphatic carbocycles. The van der Waals surface area contributed by atoms with Gasteiger partial charge in [0.1, 0.15) is 5.82 Å². The van der Waals surface area contributed by atoms with Gasteiger partial charge in [0, 0.05) is 11.1 Å². The van der Waals surface area contributed by atoms with Crippen LogP contribution in [0.4, 0.5) is 4.39 Å². The molecule has 0 spiro atoms. The Kier molecular flexibility index (Phi) is 3.07. The molecule has 0 aliphatic heterocycles. The van der Waals surface area contributed by atoms with E-state index >= 15 is 0 Å². The molecular weight excluding hydrogens is 165 g/mol. The first-order valence-electron chi connectivity index (χ1n) is 4.51. The van der Waals surface area contributed by atoms with Crippen LogP contribution in [-0.2, 0) is 0 Å². The van der Waals surface area contributed by atoms with Gasteiger partial charge in [0.25, 0.3) is 0 Å². The number of rotatable bonds is 0. The summed E-state index contributed by atoms with van der Waals surface area (Å²) in [6.45, 7) is 5.92. The van der Waals surface area contributed by atoms with Crippen LogP contribution >= 0.6 is 0 Å². The first-order valence-corrected chi connectivity index (χ1v) is 4.51. The fourth-order valence-electron chi connectivity index (χ4n) is 1.26. The molecule has 0 aliphatic rings. The molecule has 0 saturated heterocycles. The zero-order valence-corrected chi connectivity index (χ0v) is 8.19. The van der Waals surface area contributed by atoms with E-state index in [4.69, 9.17) is 0 Å². The van der Waals surface area contributed by atoms with Gasteiger partial charge < -0.3 is 4.98 Å². The van der Waals surface area contributed by atoms with E-state index < -0.39 is 0 Å². The number of aryl methyl sites for hydroxylation is 1. The van der Waals surface area contributed by atoms with Crippen LogP contribution in [0.15, 0.2) is 24.3 Å². The van der Waals surface area contributed by atoms with Gasteiger partial charge in [-0.1, -0.05) is 26.0 Å². The van der Waals surface area contributed by atoms with Gasteiger partial charge in [0.15, 0.2) is 0 Å². The highest BCUT2D eigenvalue weighted by Gasteiger charge is 2.00. The third kappa shape index (κ3) is 1.89. The van der Waals surface area contributed by atoms with E-state index in [2.05, 4.69) is 4.98 Å². The third-order valence-electron chi connectivity index (χ3n) is 1.74. The summed E-state index contributed by atoms with van der Waals surface area (Å²) in [4.78, 5) is 2.95. The molecule has 0 saturated carbocycles. The summed E-state index contributed by atoms with van der Waals surface area (Å²) in [5.74, 6) is -0.185. The standard InChI is InChI=1S/C9H8FN.C2H6/c1-6-5-7-3-2-4-8(10)9(7)11-6;1-2/h2-5,11H,1H3;1-2H3. The Balaban J connectivity index is 0.000000396. The van der Waals surface area contributed by atoms with Crippen molar-refractivity contribution >= 4 is 10.9 Å². The van der Waals surface area contributed by atoms with Gasteiger partial charge in [0.05, 0.1) is 5.52 Å². The topological polar surface area (TPSA) is 15.8 Å². The van der Waals surface area contributed by atoms with Crippen LogP contribution in [0, 0.1) is 12.7 Å². The molecule has 2 rings (SSSR count). The van der Waals surface area contributed by atoms with E-state index in [0.717, 1.165) is 11.1 Å². The monoisotopic (exact) mass is 179 g/mol. The van der Waals surface area contributed by atoms with Gasteiger partial charge in [-0.25, -0.2) is 4.39 Å². The van der Waals surface area contributed by atoms with Crippen LogP contribution in [-0.4, -0.2) is 4.98 Å². The molecule has 0 bridgehead atoms. The zero-order valence-electron chi connectivity index (χ0n) is 8.19. The number of hydrogen-bond acceptors (Lipinski definition) is 0. The average molecular weight is 179 g/mol. The van der Waals surface area contributed by atoms with E-state index in [9.17, 15) is 4.39 Å². The second-order valence-electron chi connectivity index (χ2n) is 2.66. The minimum absolute atomic E-state index is 0.185. The Bertz CT molecular complexity index is 390. The predicted octanol–water partition coefficient (Wildman–Crippen LogP) is 3.64. The quantitative estimate of drug-likeness (QED) is 0.635. The summed E-state index contributed by atoms with van der Waals surface area (Å²) in [6, 6.07) is 6.99. The van der Waals surface area contributed by atoms with Gasteiger partial charge in [-0.15, -0.1) is 0 Å². The Hall–Kier alpha value is -1.31. The van der Waals surface area contributed by atoms with Crippen molar-refractivity contribution in [1.82, 2.24) is 4.98 Å². The van der Waals surface area contributed by atoms with Gasteiger partial charge >= 0.3 is 0 Å². The number of aromatic nitrogens is 1. The first-order chi connectivity index (χ1) is 6.27. The molecule has 0 unspecified atom stereocenters. The Labute approximate surface area is 77.6 Å². The van der Waals surface area contributed by atoms with E-state index in [1.54, 1.807) is 6.07 Å². The lowest BCUT2D eigenvalue weighted by Gasteiger charge is -1.89. The number of aromatic amines is 1. The molecule has 2 aromatic rings. The number of hydrogen-bond donors (Lipinski definition) is 1. The van der Waals surface area contributed by atoms with Crippen LogP contribution < -0.4 is 0 Å². The molecule has 1 N–H and O–H groups in total.